The summed E-state index contributed by atoms with van der Waals surface area (Å²) < 4.78 is 83.6. The Kier molecular flexibility index (Phi) is 4.76. The maximum Gasteiger partial charge on any atom is 0.205 e. The Hall–Kier alpha value is -2.41. The zero-order valence-electron chi connectivity index (χ0n) is 12.4. The predicted molar refractivity (Wildman–Crippen MR) is 81.2 cm³/mol. The van der Waals surface area contributed by atoms with Gasteiger partial charge in [-0.2, -0.15) is 0 Å². The molecule has 0 aliphatic heterocycles. The fourth-order valence-corrected chi connectivity index (χ4v) is 4.45. The minimum absolute atomic E-state index is 0.408. The van der Waals surface area contributed by atoms with E-state index in [1.807, 2.05) is 0 Å². The summed E-state index contributed by atoms with van der Waals surface area (Å²) in [5, 5.41) is 0. The molecule has 0 heterocycles. The third-order valence-electron chi connectivity index (χ3n) is 3.34. The van der Waals surface area contributed by atoms with E-state index in [-0.39, 0.29) is 0 Å². The molecule has 0 aliphatic carbocycles. The molecule has 0 spiro atoms. The highest BCUT2D eigenvalue weighted by molar-refractivity contribution is 7.97. The molecule has 0 N–H and O–H groups in total. The summed E-state index contributed by atoms with van der Waals surface area (Å²) in [5.41, 5.74) is 0. The minimum Gasteiger partial charge on any atom is -0.207 e. The van der Waals surface area contributed by atoms with Crippen molar-refractivity contribution in [3.8, 4) is 0 Å². The van der Waals surface area contributed by atoms with Gasteiger partial charge in [-0.25, -0.2) is 26.3 Å². The van der Waals surface area contributed by atoms with Crippen LogP contribution in [0.5, 0.6) is 0 Å². The second-order valence-corrected chi connectivity index (χ2v) is 6.96. The minimum atomic E-state index is -1.93. The lowest BCUT2D eigenvalue weighted by molar-refractivity contribution is 0.562. The molecule has 25 heavy (non-hydrogen) atoms. The smallest absolute Gasteiger partial charge is 0.205 e. The van der Waals surface area contributed by atoms with E-state index < -0.39 is 60.5 Å². The zero-order valence-corrected chi connectivity index (χ0v) is 13.2. The average molecular weight is 371 g/mol. The van der Waals surface area contributed by atoms with Crippen LogP contribution < -0.4 is 0 Å². The normalized spacial score (nSPS) is 11.2. The molecule has 0 saturated carbocycles. The molecule has 0 aliphatic rings. The first-order chi connectivity index (χ1) is 11.9. The molecular weight excluding hydrogens is 362 g/mol. The number of benzene rings is 3. The molecule has 0 nitrogen and oxygen atoms in total. The van der Waals surface area contributed by atoms with E-state index in [0.29, 0.717) is 0 Å². The molecule has 0 bridgehead atoms. The lowest BCUT2D eigenvalue weighted by Gasteiger charge is -2.10. The van der Waals surface area contributed by atoms with Crippen molar-refractivity contribution >= 4 is 10.9 Å². The maximum absolute atomic E-state index is 14.3. The highest BCUT2D eigenvalue weighted by Crippen LogP contribution is 2.36. The topological polar surface area (TPSA) is 0 Å². The van der Waals surface area contributed by atoms with Crippen molar-refractivity contribution in [3.63, 3.8) is 0 Å². The molecule has 3 rings (SSSR count). The number of rotatable bonds is 3. The van der Waals surface area contributed by atoms with Crippen LogP contribution in [0.3, 0.4) is 0 Å². The number of halogens is 6. The Morgan fingerprint density at radius 1 is 0.440 bits per heavy atom. The van der Waals surface area contributed by atoms with Crippen molar-refractivity contribution in [2.75, 3.05) is 0 Å². The summed E-state index contributed by atoms with van der Waals surface area (Å²) in [4.78, 5) is -1.22. The van der Waals surface area contributed by atoms with Gasteiger partial charge >= 0.3 is 0 Å². The molecule has 0 aromatic heterocycles. The summed E-state index contributed by atoms with van der Waals surface area (Å²) in [6.07, 6.45) is 0. The molecule has 0 amide bonds. The zero-order chi connectivity index (χ0) is 18.1. The largest absolute Gasteiger partial charge is 0.207 e. The molecule has 3 aromatic rings. The standard InChI is InChI=1S/C18H9F6S/c19-10-1-4-13(22)16(7-10)25(17-8-11(20)2-5-14(17)23)18-9-12(21)3-6-15(18)24/h1-9H/q+1. The quantitative estimate of drug-likeness (QED) is 0.414. The fraction of sp³-hybridized carbons (Fsp3) is 0. The summed E-state index contributed by atoms with van der Waals surface area (Å²) >= 11 is 0. The SMILES string of the molecule is Fc1ccc(F)c([S+](c2cc(F)ccc2F)c2cc(F)ccc2F)c1. The van der Waals surface area contributed by atoms with E-state index in [1.54, 1.807) is 0 Å². The van der Waals surface area contributed by atoms with Crippen molar-refractivity contribution < 1.29 is 26.3 Å². The Labute approximate surface area is 142 Å². The van der Waals surface area contributed by atoms with Gasteiger partial charge in [-0.3, -0.25) is 0 Å². The van der Waals surface area contributed by atoms with Crippen LogP contribution in [0.25, 0.3) is 0 Å². The molecule has 0 atom stereocenters. The van der Waals surface area contributed by atoms with Crippen molar-refractivity contribution in [1.29, 1.82) is 0 Å². The molecule has 3 aromatic carbocycles. The molecule has 0 saturated heterocycles. The lowest BCUT2D eigenvalue weighted by atomic mass is 10.3. The van der Waals surface area contributed by atoms with Crippen molar-refractivity contribution in [1.82, 2.24) is 0 Å². The van der Waals surface area contributed by atoms with Crippen LogP contribution in [-0.2, 0) is 10.9 Å². The second-order valence-electron chi connectivity index (χ2n) is 5.03. The molecule has 0 radical (unpaired) electrons. The second kappa shape index (κ2) is 6.84. The van der Waals surface area contributed by atoms with E-state index >= 15 is 0 Å². The average Bonchev–Trinajstić information content (AvgIpc) is 2.57. The molecule has 0 unspecified atom stereocenters. The fourth-order valence-electron chi connectivity index (χ4n) is 2.26. The summed E-state index contributed by atoms with van der Waals surface area (Å²) in [6, 6.07) is 7.16. The van der Waals surface area contributed by atoms with Gasteiger partial charge in [0.1, 0.15) is 28.3 Å². The Bertz CT molecular complexity index is 818. The van der Waals surface area contributed by atoms with Gasteiger partial charge in [0, 0.05) is 18.2 Å². The number of hydrogen-bond donors (Lipinski definition) is 0. The Morgan fingerprint density at radius 3 is 1.00 bits per heavy atom. The highest BCUT2D eigenvalue weighted by atomic mass is 32.2. The van der Waals surface area contributed by atoms with Crippen LogP contribution in [0.2, 0.25) is 0 Å². The van der Waals surface area contributed by atoms with Gasteiger partial charge in [-0.15, -0.1) is 0 Å². The monoisotopic (exact) mass is 371 g/mol. The summed E-state index contributed by atoms with van der Waals surface area (Å²) in [5.74, 6) is -5.38. The van der Waals surface area contributed by atoms with Crippen molar-refractivity contribution in [3.05, 3.63) is 89.5 Å². The van der Waals surface area contributed by atoms with Crippen LogP contribution in [-0.4, -0.2) is 0 Å². The van der Waals surface area contributed by atoms with Crippen LogP contribution in [0.1, 0.15) is 0 Å². The highest BCUT2D eigenvalue weighted by Gasteiger charge is 2.38. The van der Waals surface area contributed by atoms with Crippen LogP contribution in [0.15, 0.2) is 69.3 Å². The van der Waals surface area contributed by atoms with Gasteiger partial charge in [-0.1, -0.05) is 0 Å². The van der Waals surface area contributed by atoms with E-state index in [2.05, 4.69) is 0 Å². The van der Waals surface area contributed by atoms with Gasteiger partial charge in [0.05, 0.1) is 0 Å². The Balaban J connectivity index is 2.34. The van der Waals surface area contributed by atoms with Gasteiger partial charge in [0.15, 0.2) is 17.5 Å². The first kappa shape index (κ1) is 17.4. The third-order valence-corrected chi connectivity index (χ3v) is 5.60. The maximum atomic E-state index is 14.3. The first-order valence-corrected chi connectivity index (χ1v) is 8.19. The summed E-state index contributed by atoms with van der Waals surface area (Å²) in [7, 11) is -1.93. The molecule has 128 valence electrons. The van der Waals surface area contributed by atoms with Crippen LogP contribution >= 0.6 is 0 Å². The lowest BCUT2D eigenvalue weighted by Crippen LogP contribution is -2.12. The van der Waals surface area contributed by atoms with Crippen LogP contribution in [0.4, 0.5) is 26.3 Å². The van der Waals surface area contributed by atoms with E-state index in [0.717, 1.165) is 54.6 Å². The molecular formula is C18H9F6S+. The van der Waals surface area contributed by atoms with E-state index in [1.165, 1.54) is 0 Å². The van der Waals surface area contributed by atoms with Gasteiger partial charge in [0.2, 0.25) is 14.7 Å². The van der Waals surface area contributed by atoms with Crippen molar-refractivity contribution in [2.45, 2.75) is 14.7 Å². The van der Waals surface area contributed by atoms with E-state index in [9.17, 15) is 26.3 Å². The van der Waals surface area contributed by atoms with Gasteiger partial charge < -0.3 is 0 Å². The first-order valence-electron chi connectivity index (χ1n) is 6.96. The summed E-state index contributed by atoms with van der Waals surface area (Å²) in [6.45, 7) is 0. The Morgan fingerprint density at radius 2 is 0.720 bits per heavy atom. The van der Waals surface area contributed by atoms with Crippen molar-refractivity contribution in [2.24, 2.45) is 0 Å². The molecule has 0 fully saturated rings. The number of hydrogen-bond acceptors (Lipinski definition) is 0. The van der Waals surface area contributed by atoms with E-state index in [4.69, 9.17) is 0 Å². The third kappa shape index (κ3) is 3.51. The molecule has 7 heteroatoms. The predicted octanol–water partition coefficient (Wildman–Crippen LogP) is 5.62. The van der Waals surface area contributed by atoms with Gasteiger partial charge in [-0.05, 0) is 36.4 Å². The van der Waals surface area contributed by atoms with Crippen LogP contribution in [0, 0.1) is 34.9 Å². The van der Waals surface area contributed by atoms with Gasteiger partial charge in [0.25, 0.3) is 0 Å².